The molecule has 26 heavy (non-hydrogen) atoms. The van der Waals surface area contributed by atoms with Crippen LogP contribution in [0.3, 0.4) is 0 Å². The Bertz CT molecular complexity index is 1020. The highest BCUT2D eigenvalue weighted by Crippen LogP contribution is 2.34. The van der Waals surface area contributed by atoms with Crippen LogP contribution in [0.1, 0.15) is 42.6 Å². The molecule has 0 N–H and O–H groups in total. The standard InChI is InChI=1S/C17H18BrN3O4S/c1-10-14(11(2)24-20-10)9-15-19-16(21-25-15)17(3,4)26(22,23)13-7-5-12(18)6-8-13/h5-8H,9H2,1-4H3. The Morgan fingerprint density at radius 2 is 1.73 bits per heavy atom. The van der Waals surface area contributed by atoms with E-state index in [2.05, 4.69) is 31.2 Å². The fraction of sp³-hybridized carbons (Fsp3) is 0.353. The van der Waals surface area contributed by atoms with Crippen molar-refractivity contribution in [3.8, 4) is 0 Å². The normalized spacial score (nSPS) is 12.5. The van der Waals surface area contributed by atoms with Crippen molar-refractivity contribution in [1.29, 1.82) is 0 Å². The molecular weight excluding hydrogens is 422 g/mol. The monoisotopic (exact) mass is 439 g/mol. The first kappa shape index (κ1) is 18.8. The summed E-state index contributed by atoms with van der Waals surface area (Å²) in [4.78, 5) is 4.51. The molecule has 0 fully saturated rings. The maximum absolute atomic E-state index is 13.0. The Morgan fingerprint density at radius 1 is 1.08 bits per heavy atom. The number of halogens is 1. The van der Waals surface area contributed by atoms with Gasteiger partial charge in [-0.05, 0) is 52.0 Å². The molecule has 1 aromatic carbocycles. The molecule has 138 valence electrons. The van der Waals surface area contributed by atoms with Crippen LogP contribution in [0.5, 0.6) is 0 Å². The lowest BCUT2D eigenvalue weighted by Crippen LogP contribution is -2.30. The molecule has 3 rings (SSSR count). The summed E-state index contributed by atoms with van der Waals surface area (Å²) in [6, 6.07) is 6.46. The molecule has 2 heterocycles. The Hall–Kier alpha value is -2.00. The van der Waals surface area contributed by atoms with E-state index >= 15 is 0 Å². The number of aryl methyl sites for hydroxylation is 2. The molecule has 0 unspecified atom stereocenters. The fourth-order valence-electron chi connectivity index (χ4n) is 2.51. The molecule has 0 atom stereocenters. The predicted octanol–water partition coefficient (Wildman–Crippen LogP) is 3.74. The summed E-state index contributed by atoms with van der Waals surface area (Å²) in [6.45, 7) is 6.75. The molecule has 0 radical (unpaired) electrons. The largest absolute Gasteiger partial charge is 0.361 e. The maximum Gasteiger partial charge on any atom is 0.231 e. The summed E-state index contributed by atoms with van der Waals surface area (Å²) >= 11 is 3.30. The van der Waals surface area contributed by atoms with Crippen molar-refractivity contribution in [1.82, 2.24) is 15.3 Å². The second-order valence-corrected chi connectivity index (χ2v) is 9.87. The Balaban J connectivity index is 1.93. The molecule has 0 saturated heterocycles. The predicted molar refractivity (Wildman–Crippen MR) is 97.4 cm³/mol. The quantitative estimate of drug-likeness (QED) is 0.596. The van der Waals surface area contributed by atoms with Crippen LogP contribution in [0.2, 0.25) is 0 Å². The van der Waals surface area contributed by atoms with Crippen LogP contribution in [0.4, 0.5) is 0 Å². The summed E-state index contributed by atoms with van der Waals surface area (Å²) in [6.07, 6.45) is 0.336. The Morgan fingerprint density at radius 3 is 2.31 bits per heavy atom. The van der Waals surface area contributed by atoms with Gasteiger partial charge < -0.3 is 9.05 Å². The molecule has 2 aromatic heterocycles. The second kappa shape index (κ2) is 6.62. The topological polar surface area (TPSA) is 99.1 Å². The van der Waals surface area contributed by atoms with Crippen molar-refractivity contribution in [3.05, 3.63) is 57.5 Å². The third-order valence-electron chi connectivity index (χ3n) is 4.31. The lowest BCUT2D eigenvalue weighted by Gasteiger charge is -2.21. The van der Waals surface area contributed by atoms with E-state index in [1.807, 2.05) is 6.92 Å². The number of sulfone groups is 1. The molecule has 9 heteroatoms. The molecule has 3 aromatic rings. The smallest absolute Gasteiger partial charge is 0.231 e. The molecule has 0 spiro atoms. The summed E-state index contributed by atoms with van der Waals surface area (Å²) in [5.74, 6) is 1.10. The van der Waals surface area contributed by atoms with E-state index < -0.39 is 14.6 Å². The first-order valence-corrected chi connectivity index (χ1v) is 10.2. The molecule has 0 aliphatic rings. The van der Waals surface area contributed by atoms with E-state index in [-0.39, 0.29) is 10.7 Å². The average Bonchev–Trinajstić information content (AvgIpc) is 3.18. The number of aromatic nitrogens is 3. The van der Waals surface area contributed by atoms with Crippen molar-refractivity contribution in [2.45, 2.75) is 43.8 Å². The van der Waals surface area contributed by atoms with Gasteiger partial charge in [-0.2, -0.15) is 4.98 Å². The number of rotatable bonds is 5. The Labute approximate surface area is 159 Å². The zero-order chi connectivity index (χ0) is 19.1. The van der Waals surface area contributed by atoms with Gasteiger partial charge in [-0.1, -0.05) is 26.2 Å². The lowest BCUT2D eigenvalue weighted by atomic mass is 10.1. The number of nitrogens with zero attached hydrogens (tertiary/aromatic N) is 3. The van der Waals surface area contributed by atoms with Crippen LogP contribution in [0, 0.1) is 13.8 Å². The first-order chi connectivity index (χ1) is 12.1. The zero-order valence-corrected chi connectivity index (χ0v) is 17.2. The van der Waals surface area contributed by atoms with E-state index in [1.165, 1.54) is 0 Å². The van der Waals surface area contributed by atoms with Gasteiger partial charge in [0.2, 0.25) is 5.89 Å². The third-order valence-corrected chi connectivity index (χ3v) is 7.26. The van der Waals surface area contributed by atoms with Gasteiger partial charge in [-0.15, -0.1) is 0 Å². The van der Waals surface area contributed by atoms with Crippen LogP contribution in [0.25, 0.3) is 0 Å². The van der Waals surface area contributed by atoms with Crippen molar-refractivity contribution in [2.24, 2.45) is 0 Å². The highest BCUT2D eigenvalue weighted by atomic mass is 79.9. The van der Waals surface area contributed by atoms with E-state index in [0.29, 0.717) is 18.1 Å². The van der Waals surface area contributed by atoms with Crippen LogP contribution >= 0.6 is 15.9 Å². The summed E-state index contributed by atoms with van der Waals surface area (Å²) < 4.78 is 35.9. The highest BCUT2D eigenvalue weighted by Gasteiger charge is 2.41. The van der Waals surface area contributed by atoms with Crippen molar-refractivity contribution in [3.63, 3.8) is 0 Å². The molecule has 0 amide bonds. The molecule has 0 saturated carbocycles. The van der Waals surface area contributed by atoms with Gasteiger partial charge in [0.05, 0.1) is 17.0 Å². The first-order valence-electron chi connectivity index (χ1n) is 7.88. The SMILES string of the molecule is Cc1noc(C)c1Cc1nc(C(C)(C)S(=O)(=O)c2ccc(Br)cc2)no1. The van der Waals surface area contributed by atoms with E-state index in [9.17, 15) is 8.42 Å². The maximum atomic E-state index is 13.0. The van der Waals surface area contributed by atoms with Crippen molar-refractivity contribution < 1.29 is 17.5 Å². The van der Waals surface area contributed by atoms with Crippen LogP contribution < -0.4 is 0 Å². The van der Waals surface area contributed by atoms with Crippen LogP contribution in [-0.4, -0.2) is 23.7 Å². The Kier molecular flexibility index (Phi) is 4.78. The minimum absolute atomic E-state index is 0.113. The van der Waals surface area contributed by atoms with Crippen molar-refractivity contribution in [2.75, 3.05) is 0 Å². The van der Waals surface area contributed by atoms with E-state index in [0.717, 1.165) is 15.7 Å². The summed E-state index contributed by atoms with van der Waals surface area (Å²) in [7, 11) is -3.71. The molecule has 0 bridgehead atoms. The summed E-state index contributed by atoms with van der Waals surface area (Å²) in [5, 5.41) is 7.80. The van der Waals surface area contributed by atoms with Gasteiger partial charge in [-0.25, -0.2) is 8.42 Å². The van der Waals surface area contributed by atoms with Gasteiger partial charge in [0.25, 0.3) is 0 Å². The number of hydrogen-bond acceptors (Lipinski definition) is 7. The number of hydrogen-bond donors (Lipinski definition) is 0. The van der Waals surface area contributed by atoms with Crippen molar-refractivity contribution >= 4 is 25.8 Å². The van der Waals surface area contributed by atoms with Gasteiger partial charge >= 0.3 is 0 Å². The van der Waals surface area contributed by atoms with Crippen LogP contribution in [0.15, 0.2) is 42.7 Å². The lowest BCUT2D eigenvalue weighted by molar-refractivity contribution is 0.372. The van der Waals surface area contributed by atoms with E-state index in [4.69, 9.17) is 9.05 Å². The molecular formula is C17H18BrN3O4S. The van der Waals surface area contributed by atoms with Crippen LogP contribution in [-0.2, 0) is 21.0 Å². The van der Waals surface area contributed by atoms with Gasteiger partial charge in [-0.3, -0.25) is 0 Å². The van der Waals surface area contributed by atoms with E-state index in [1.54, 1.807) is 45.0 Å². The highest BCUT2D eigenvalue weighted by molar-refractivity contribution is 9.10. The van der Waals surface area contributed by atoms with Gasteiger partial charge in [0.15, 0.2) is 15.7 Å². The minimum atomic E-state index is -3.71. The second-order valence-electron chi connectivity index (χ2n) is 6.46. The molecule has 7 nitrogen and oxygen atoms in total. The number of benzene rings is 1. The average molecular weight is 440 g/mol. The summed E-state index contributed by atoms with van der Waals surface area (Å²) in [5.41, 5.74) is 1.60. The fourth-order valence-corrected chi connectivity index (χ4v) is 4.18. The van der Waals surface area contributed by atoms with Gasteiger partial charge in [0, 0.05) is 10.0 Å². The minimum Gasteiger partial charge on any atom is -0.361 e. The van der Waals surface area contributed by atoms with Gasteiger partial charge in [0.1, 0.15) is 10.5 Å². The zero-order valence-electron chi connectivity index (χ0n) is 14.8. The molecule has 0 aliphatic carbocycles. The molecule has 0 aliphatic heterocycles. The third kappa shape index (κ3) is 3.21.